The Hall–Kier alpha value is -3.67. The first-order valence-corrected chi connectivity index (χ1v) is 11.9. The number of amides is 1. The van der Waals surface area contributed by atoms with Gasteiger partial charge in [-0.2, -0.15) is 9.78 Å². The summed E-state index contributed by atoms with van der Waals surface area (Å²) >= 11 is 0. The SMILES string of the molecule is Cc1c2cnn(-c3ccccc3)c(=O)c2c(C)n1CCCC(=O)NC(C)CCc1ccccc1. The van der Waals surface area contributed by atoms with E-state index in [1.807, 2.05) is 62.4 Å². The highest BCUT2D eigenvalue weighted by molar-refractivity contribution is 5.87. The van der Waals surface area contributed by atoms with Gasteiger partial charge in [0.1, 0.15) is 0 Å². The zero-order valence-corrected chi connectivity index (χ0v) is 20.1. The Morgan fingerprint density at radius 2 is 1.68 bits per heavy atom. The van der Waals surface area contributed by atoms with E-state index in [-0.39, 0.29) is 17.5 Å². The predicted molar refractivity (Wildman–Crippen MR) is 136 cm³/mol. The van der Waals surface area contributed by atoms with E-state index in [4.69, 9.17) is 0 Å². The lowest BCUT2D eigenvalue weighted by molar-refractivity contribution is -0.121. The van der Waals surface area contributed by atoms with Gasteiger partial charge in [-0.1, -0.05) is 48.5 Å². The number of hydrogen-bond donors (Lipinski definition) is 1. The van der Waals surface area contributed by atoms with Crippen LogP contribution in [0.25, 0.3) is 16.5 Å². The van der Waals surface area contributed by atoms with Crippen molar-refractivity contribution in [2.45, 2.75) is 59.0 Å². The fourth-order valence-corrected chi connectivity index (χ4v) is 4.54. The normalized spacial score (nSPS) is 12.1. The van der Waals surface area contributed by atoms with Gasteiger partial charge >= 0.3 is 0 Å². The fourth-order valence-electron chi connectivity index (χ4n) is 4.54. The second kappa shape index (κ2) is 10.5. The number of aryl methyl sites for hydroxylation is 3. The van der Waals surface area contributed by atoms with Crippen LogP contribution in [-0.4, -0.2) is 26.3 Å². The molecule has 6 heteroatoms. The number of nitrogens with one attached hydrogen (secondary N) is 1. The topological polar surface area (TPSA) is 68.9 Å². The molecule has 1 amide bonds. The minimum Gasteiger partial charge on any atom is -0.354 e. The van der Waals surface area contributed by atoms with E-state index in [1.54, 1.807) is 6.20 Å². The third-order valence-corrected chi connectivity index (χ3v) is 6.44. The van der Waals surface area contributed by atoms with E-state index >= 15 is 0 Å². The molecule has 0 aliphatic heterocycles. The van der Waals surface area contributed by atoms with Crippen LogP contribution in [0.2, 0.25) is 0 Å². The van der Waals surface area contributed by atoms with Crippen LogP contribution < -0.4 is 10.9 Å². The molecule has 176 valence electrons. The van der Waals surface area contributed by atoms with Crippen molar-refractivity contribution in [3.05, 3.63) is 94.2 Å². The molecule has 0 aliphatic rings. The molecule has 2 aromatic heterocycles. The van der Waals surface area contributed by atoms with Crippen molar-refractivity contribution >= 4 is 16.7 Å². The maximum Gasteiger partial charge on any atom is 0.281 e. The lowest BCUT2D eigenvalue weighted by atomic mass is 10.1. The molecule has 4 rings (SSSR count). The molecule has 1 N–H and O–H groups in total. The Morgan fingerprint density at radius 3 is 2.38 bits per heavy atom. The zero-order valence-electron chi connectivity index (χ0n) is 20.1. The first-order valence-electron chi connectivity index (χ1n) is 11.9. The van der Waals surface area contributed by atoms with Crippen molar-refractivity contribution in [1.29, 1.82) is 0 Å². The van der Waals surface area contributed by atoms with Crippen LogP contribution in [-0.2, 0) is 17.8 Å². The third kappa shape index (κ3) is 5.11. The Bertz CT molecular complexity index is 1320. The molecule has 1 unspecified atom stereocenters. The number of hydrogen-bond acceptors (Lipinski definition) is 3. The van der Waals surface area contributed by atoms with Gasteiger partial charge in [0.15, 0.2) is 0 Å². The lowest BCUT2D eigenvalue weighted by Crippen LogP contribution is -2.32. The highest BCUT2D eigenvalue weighted by Gasteiger charge is 2.17. The maximum atomic E-state index is 13.2. The van der Waals surface area contributed by atoms with E-state index < -0.39 is 0 Å². The third-order valence-electron chi connectivity index (χ3n) is 6.44. The molecule has 0 saturated heterocycles. The minimum absolute atomic E-state index is 0.0701. The van der Waals surface area contributed by atoms with Crippen molar-refractivity contribution in [1.82, 2.24) is 19.7 Å². The summed E-state index contributed by atoms with van der Waals surface area (Å²) in [6.45, 7) is 6.72. The quantitative estimate of drug-likeness (QED) is 0.396. The van der Waals surface area contributed by atoms with Gasteiger partial charge in [0.25, 0.3) is 5.56 Å². The number of fused-ring (bicyclic) bond motifs is 1. The smallest absolute Gasteiger partial charge is 0.281 e. The summed E-state index contributed by atoms with van der Waals surface area (Å²) in [6.07, 6.45) is 4.79. The van der Waals surface area contributed by atoms with E-state index in [0.29, 0.717) is 24.8 Å². The van der Waals surface area contributed by atoms with E-state index in [1.165, 1.54) is 10.2 Å². The highest BCUT2D eigenvalue weighted by atomic mass is 16.1. The first-order chi connectivity index (χ1) is 16.5. The summed E-state index contributed by atoms with van der Waals surface area (Å²) in [5, 5.41) is 9.07. The van der Waals surface area contributed by atoms with Crippen molar-refractivity contribution in [3.63, 3.8) is 0 Å². The van der Waals surface area contributed by atoms with Crippen molar-refractivity contribution < 1.29 is 4.79 Å². The van der Waals surface area contributed by atoms with Crippen molar-refractivity contribution in [2.24, 2.45) is 0 Å². The number of carbonyl (C=O) groups excluding carboxylic acids is 1. The van der Waals surface area contributed by atoms with Gasteiger partial charge < -0.3 is 9.88 Å². The lowest BCUT2D eigenvalue weighted by Gasteiger charge is -2.14. The van der Waals surface area contributed by atoms with Gasteiger partial charge in [0, 0.05) is 35.8 Å². The van der Waals surface area contributed by atoms with Gasteiger partial charge in [-0.25, -0.2) is 0 Å². The molecule has 6 nitrogen and oxygen atoms in total. The van der Waals surface area contributed by atoms with Gasteiger partial charge in [-0.15, -0.1) is 0 Å². The van der Waals surface area contributed by atoms with Gasteiger partial charge in [-0.05, 0) is 57.7 Å². The summed E-state index contributed by atoms with van der Waals surface area (Å²) in [7, 11) is 0. The van der Waals surface area contributed by atoms with E-state index in [2.05, 4.69) is 34.0 Å². The second-order valence-corrected chi connectivity index (χ2v) is 8.90. The molecular formula is C28H32N4O2. The monoisotopic (exact) mass is 456 g/mol. The first kappa shape index (κ1) is 23.5. The molecule has 0 radical (unpaired) electrons. The Morgan fingerprint density at radius 1 is 1.00 bits per heavy atom. The predicted octanol–water partition coefficient (Wildman–Crippen LogP) is 4.72. The number of benzene rings is 2. The molecule has 2 heterocycles. The van der Waals surface area contributed by atoms with Crippen LogP contribution in [0.15, 0.2) is 71.7 Å². The summed E-state index contributed by atoms with van der Waals surface area (Å²) in [5.74, 6) is 0.0701. The van der Waals surface area contributed by atoms with Crippen LogP contribution in [0.3, 0.4) is 0 Å². The standard InChI is InChI=1S/C28H32N4O2/c1-20(16-17-23-11-6-4-7-12-23)30-26(33)15-10-18-31-21(2)25-19-29-32(24-13-8-5-9-14-24)28(34)27(25)22(31)3/h4-9,11-14,19-20H,10,15-18H2,1-3H3,(H,30,33). The molecule has 1 atom stereocenters. The van der Waals surface area contributed by atoms with Crippen LogP contribution >= 0.6 is 0 Å². The molecular weight excluding hydrogens is 424 g/mol. The fraction of sp³-hybridized carbons (Fsp3) is 0.321. The van der Waals surface area contributed by atoms with Crippen molar-refractivity contribution in [3.8, 4) is 5.69 Å². The Balaban J connectivity index is 1.38. The van der Waals surface area contributed by atoms with Gasteiger partial charge in [0.2, 0.25) is 5.91 Å². The Kier molecular flexibility index (Phi) is 7.26. The molecule has 4 aromatic rings. The van der Waals surface area contributed by atoms with Crippen LogP contribution in [0.4, 0.5) is 0 Å². The highest BCUT2D eigenvalue weighted by Crippen LogP contribution is 2.23. The van der Waals surface area contributed by atoms with Crippen molar-refractivity contribution in [2.75, 3.05) is 0 Å². The summed E-state index contributed by atoms with van der Waals surface area (Å²) in [4.78, 5) is 25.7. The number of aromatic nitrogens is 3. The average molecular weight is 457 g/mol. The molecule has 0 aliphatic carbocycles. The summed E-state index contributed by atoms with van der Waals surface area (Å²) in [6, 6.07) is 19.9. The van der Waals surface area contributed by atoms with Gasteiger partial charge in [0.05, 0.1) is 17.3 Å². The summed E-state index contributed by atoms with van der Waals surface area (Å²) < 4.78 is 3.58. The maximum absolute atomic E-state index is 13.2. The van der Waals surface area contributed by atoms with Crippen LogP contribution in [0, 0.1) is 13.8 Å². The Labute approximate surface area is 200 Å². The van der Waals surface area contributed by atoms with Gasteiger partial charge in [-0.3, -0.25) is 9.59 Å². The molecule has 34 heavy (non-hydrogen) atoms. The summed E-state index contributed by atoms with van der Waals surface area (Å²) in [5.41, 5.74) is 3.84. The zero-order chi connectivity index (χ0) is 24.1. The number of para-hydroxylation sites is 1. The van der Waals surface area contributed by atoms with E-state index in [9.17, 15) is 9.59 Å². The molecule has 0 spiro atoms. The number of nitrogens with zero attached hydrogens (tertiary/aromatic N) is 3. The molecule has 0 bridgehead atoms. The number of rotatable bonds is 9. The van der Waals surface area contributed by atoms with Crippen LogP contribution in [0.1, 0.15) is 43.1 Å². The largest absolute Gasteiger partial charge is 0.354 e. The van der Waals surface area contributed by atoms with E-state index in [0.717, 1.165) is 35.3 Å². The molecule has 0 fully saturated rings. The molecule has 2 aromatic carbocycles. The van der Waals surface area contributed by atoms with Crippen LogP contribution in [0.5, 0.6) is 0 Å². The average Bonchev–Trinajstić information content (AvgIpc) is 3.09. The minimum atomic E-state index is -0.118. The number of carbonyl (C=O) groups is 1. The molecule has 0 saturated carbocycles. The second-order valence-electron chi connectivity index (χ2n) is 8.90.